The number of nitrogens with zero attached hydrogens (tertiary/aromatic N) is 2. The van der Waals surface area contributed by atoms with Crippen LogP contribution in [0.25, 0.3) is 11.0 Å². The van der Waals surface area contributed by atoms with E-state index in [-0.39, 0.29) is 4.95 Å². The minimum Gasteiger partial charge on any atom is -0.342 e. The van der Waals surface area contributed by atoms with Crippen molar-refractivity contribution in [3.8, 4) is 0 Å². The van der Waals surface area contributed by atoms with Crippen molar-refractivity contribution in [1.82, 2.24) is 14.9 Å². The fraction of sp³-hybridized carbons (Fsp3) is 0.364. The minimum atomic E-state index is 0.241. The van der Waals surface area contributed by atoms with E-state index < -0.39 is 0 Å². The summed E-state index contributed by atoms with van der Waals surface area (Å²) in [5.74, 6) is 0.957. The van der Waals surface area contributed by atoms with Gasteiger partial charge in [0.1, 0.15) is 5.82 Å². The Balaban J connectivity index is 2.46. The first kappa shape index (κ1) is 10.6. The summed E-state index contributed by atoms with van der Waals surface area (Å²) in [7, 11) is 4.09. The Morgan fingerprint density at radius 1 is 1.40 bits per heavy atom. The van der Waals surface area contributed by atoms with Crippen molar-refractivity contribution in [2.45, 2.75) is 11.9 Å². The predicted molar refractivity (Wildman–Crippen MR) is 66.2 cm³/mol. The molecule has 1 N–H and O–H groups in total. The van der Waals surface area contributed by atoms with Gasteiger partial charge < -0.3 is 4.98 Å². The highest BCUT2D eigenvalue weighted by atomic mass is 79.9. The average Bonchev–Trinajstić information content (AvgIpc) is 2.55. The molecule has 1 unspecified atom stereocenters. The van der Waals surface area contributed by atoms with E-state index in [9.17, 15) is 0 Å². The van der Waals surface area contributed by atoms with E-state index in [1.54, 1.807) is 0 Å². The molecule has 80 valence electrons. The topological polar surface area (TPSA) is 31.9 Å². The summed E-state index contributed by atoms with van der Waals surface area (Å²) in [5, 5.41) is 0. The monoisotopic (exact) mass is 267 g/mol. The summed E-state index contributed by atoms with van der Waals surface area (Å²) in [6.45, 7) is 1.97. The van der Waals surface area contributed by atoms with Crippen LogP contribution in [0.3, 0.4) is 0 Å². The molecule has 0 bridgehead atoms. The Kier molecular flexibility index (Phi) is 2.80. The Hall–Kier alpha value is -0.870. The molecule has 1 atom stereocenters. The number of hydrogen-bond donors (Lipinski definition) is 1. The first-order chi connectivity index (χ1) is 7.08. The summed E-state index contributed by atoms with van der Waals surface area (Å²) in [6.07, 6.45) is 0. The Bertz CT molecular complexity index is 476. The lowest BCUT2D eigenvalue weighted by atomic mass is 10.2. The third-order valence-electron chi connectivity index (χ3n) is 2.35. The molecule has 0 amide bonds. The molecule has 0 fully saturated rings. The van der Waals surface area contributed by atoms with E-state index in [0.29, 0.717) is 0 Å². The molecule has 0 aliphatic heterocycles. The number of nitrogens with one attached hydrogen (secondary N) is 1. The highest BCUT2D eigenvalue weighted by Gasteiger charge is 2.10. The van der Waals surface area contributed by atoms with Gasteiger partial charge >= 0.3 is 0 Å². The molecule has 3 nitrogen and oxygen atoms in total. The molecule has 4 heteroatoms. The van der Waals surface area contributed by atoms with Crippen LogP contribution < -0.4 is 0 Å². The van der Waals surface area contributed by atoms with E-state index in [1.165, 1.54) is 5.56 Å². The zero-order chi connectivity index (χ0) is 11.0. The van der Waals surface area contributed by atoms with Crippen LogP contribution in [0.15, 0.2) is 18.2 Å². The molecule has 2 aromatic rings. The zero-order valence-electron chi connectivity index (χ0n) is 9.08. The van der Waals surface area contributed by atoms with Gasteiger partial charge in [0.2, 0.25) is 0 Å². The Morgan fingerprint density at radius 2 is 2.13 bits per heavy atom. The number of aromatic nitrogens is 2. The third kappa shape index (κ3) is 2.06. The van der Waals surface area contributed by atoms with Gasteiger partial charge in [-0.3, -0.25) is 4.90 Å². The number of imidazole rings is 1. The first-order valence-electron chi connectivity index (χ1n) is 4.84. The normalized spacial score (nSPS) is 13.7. The van der Waals surface area contributed by atoms with E-state index >= 15 is 0 Å². The fourth-order valence-electron chi connectivity index (χ4n) is 1.60. The smallest absolute Gasteiger partial charge is 0.104 e. The zero-order valence-corrected chi connectivity index (χ0v) is 10.7. The predicted octanol–water partition coefficient (Wildman–Crippen LogP) is 2.83. The van der Waals surface area contributed by atoms with Gasteiger partial charge in [-0.2, -0.15) is 0 Å². The third-order valence-corrected chi connectivity index (χ3v) is 3.70. The largest absolute Gasteiger partial charge is 0.342 e. The van der Waals surface area contributed by atoms with Gasteiger partial charge in [0, 0.05) is 0 Å². The van der Waals surface area contributed by atoms with Gasteiger partial charge in [-0.1, -0.05) is 22.0 Å². The van der Waals surface area contributed by atoms with Crippen LogP contribution in [-0.4, -0.2) is 29.0 Å². The minimum absolute atomic E-state index is 0.241. The molecule has 0 saturated carbocycles. The maximum absolute atomic E-state index is 4.37. The Labute approximate surface area is 97.6 Å². The van der Waals surface area contributed by atoms with Gasteiger partial charge in [-0.25, -0.2) is 4.98 Å². The second kappa shape index (κ2) is 3.94. The van der Waals surface area contributed by atoms with Gasteiger partial charge in [0.05, 0.1) is 16.0 Å². The second-order valence-electron chi connectivity index (χ2n) is 3.90. The van der Waals surface area contributed by atoms with Crippen LogP contribution in [0.5, 0.6) is 0 Å². The number of rotatable bonds is 2. The van der Waals surface area contributed by atoms with Crippen LogP contribution in [-0.2, 0) is 0 Å². The van der Waals surface area contributed by atoms with E-state index in [2.05, 4.69) is 42.9 Å². The quantitative estimate of drug-likeness (QED) is 0.671. The van der Waals surface area contributed by atoms with E-state index in [0.717, 1.165) is 16.9 Å². The van der Waals surface area contributed by atoms with Crippen LogP contribution in [0.2, 0.25) is 0 Å². The number of hydrogen-bond acceptors (Lipinski definition) is 2. The van der Waals surface area contributed by atoms with Crippen molar-refractivity contribution in [3.05, 3.63) is 29.6 Å². The number of halogens is 1. The second-order valence-corrected chi connectivity index (χ2v) is 4.77. The lowest BCUT2D eigenvalue weighted by molar-refractivity contribution is 0.398. The molecule has 1 aromatic carbocycles. The van der Waals surface area contributed by atoms with Crippen molar-refractivity contribution in [2.75, 3.05) is 14.1 Å². The lowest BCUT2D eigenvalue weighted by Gasteiger charge is -2.17. The number of aryl methyl sites for hydroxylation is 1. The molecule has 0 radical (unpaired) electrons. The highest BCUT2D eigenvalue weighted by molar-refractivity contribution is 9.09. The van der Waals surface area contributed by atoms with Crippen LogP contribution in [0.4, 0.5) is 0 Å². The molecular weight excluding hydrogens is 254 g/mol. The summed E-state index contributed by atoms with van der Waals surface area (Å²) in [6, 6.07) is 6.28. The maximum atomic E-state index is 4.37. The average molecular weight is 268 g/mol. The van der Waals surface area contributed by atoms with Gasteiger partial charge in [-0.15, -0.1) is 0 Å². The highest BCUT2D eigenvalue weighted by Crippen LogP contribution is 2.26. The summed E-state index contributed by atoms with van der Waals surface area (Å²) < 4.78 is 0. The molecule has 2 rings (SSSR count). The molecule has 1 heterocycles. The molecule has 0 saturated heterocycles. The first-order valence-corrected chi connectivity index (χ1v) is 5.76. The number of alkyl halides is 1. The van der Waals surface area contributed by atoms with Gasteiger partial charge in [-0.05, 0) is 38.7 Å². The lowest BCUT2D eigenvalue weighted by Crippen LogP contribution is -2.14. The number of H-pyrrole nitrogens is 1. The molecule has 1 aromatic heterocycles. The fourth-order valence-corrected chi connectivity index (χ4v) is 1.89. The Morgan fingerprint density at radius 3 is 2.80 bits per heavy atom. The number of benzene rings is 1. The van der Waals surface area contributed by atoms with Crippen molar-refractivity contribution < 1.29 is 0 Å². The summed E-state index contributed by atoms with van der Waals surface area (Å²) in [4.78, 5) is 9.97. The molecule has 0 aliphatic rings. The molecule has 15 heavy (non-hydrogen) atoms. The van der Waals surface area contributed by atoms with Crippen LogP contribution in [0.1, 0.15) is 16.3 Å². The molecule has 0 aliphatic carbocycles. The van der Waals surface area contributed by atoms with Gasteiger partial charge in [0.25, 0.3) is 0 Å². The van der Waals surface area contributed by atoms with Crippen molar-refractivity contribution in [2.24, 2.45) is 0 Å². The molecule has 0 spiro atoms. The van der Waals surface area contributed by atoms with Gasteiger partial charge in [0.15, 0.2) is 0 Å². The maximum Gasteiger partial charge on any atom is 0.104 e. The van der Waals surface area contributed by atoms with E-state index in [4.69, 9.17) is 0 Å². The van der Waals surface area contributed by atoms with Crippen LogP contribution in [0, 0.1) is 6.92 Å². The standard InChI is InChI=1S/C11H14BrN3/c1-7-13-9-5-4-8(6-10(9)14-7)11(12)15(2)3/h4-6,11H,1-3H3,(H,13,14). The van der Waals surface area contributed by atoms with Crippen molar-refractivity contribution >= 4 is 27.0 Å². The van der Waals surface area contributed by atoms with E-state index in [1.807, 2.05) is 27.1 Å². The van der Waals surface area contributed by atoms with Crippen molar-refractivity contribution in [1.29, 1.82) is 0 Å². The van der Waals surface area contributed by atoms with Crippen LogP contribution >= 0.6 is 15.9 Å². The summed E-state index contributed by atoms with van der Waals surface area (Å²) >= 11 is 3.63. The molecular formula is C11H14BrN3. The number of aromatic amines is 1. The SMILES string of the molecule is Cc1nc2ccc(C(Br)N(C)C)cc2[nH]1. The van der Waals surface area contributed by atoms with Crippen molar-refractivity contribution in [3.63, 3.8) is 0 Å². The number of fused-ring (bicyclic) bond motifs is 1. The summed E-state index contributed by atoms with van der Waals surface area (Å²) in [5.41, 5.74) is 3.35.